The molecule has 49 heavy (non-hydrogen) atoms. The third-order valence-corrected chi connectivity index (χ3v) is 9.85. The number of aryl methyl sites for hydroxylation is 2. The van der Waals surface area contributed by atoms with E-state index in [1.54, 1.807) is 0 Å². The molecule has 0 unspecified atom stereocenters. The first-order valence-corrected chi connectivity index (χ1v) is 17.5. The Kier molecular flexibility index (Phi) is 10.7. The lowest BCUT2D eigenvalue weighted by Crippen LogP contribution is -1.99. The van der Waals surface area contributed by atoms with Crippen molar-refractivity contribution < 1.29 is 0 Å². The van der Waals surface area contributed by atoms with E-state index in [0.717, 1.165) is 49.7 Å². The van der Waals surface area contributed by atoms with Gasteiger partial charge in [0.15, 0.2) is 0 Å². The van der Waals surface area contributed by atoms with Crippen LogP contribution in [0.5, 0.6) is 0 Å². The number of benzene rings is 3. The van der Waals surface area contributed by atoms with Crippen LogP contribution < -0.4 is 0 Å². The van der Waals surface area contributed by atoms with Gasteiger partial charge >= 0.3 is 0 Å². The van der Waals surface area contributed by atoms with Gasteiger partial charge in [-0.25, -0.2) is 0 Å². The maximum Gasteiger partial charge on any atom is 0.00909 e. The molecule has 242 valence electrons. The highest BCUT2D eigenvalue weighted by Crippen LogP contribution is 2.37. The fourth-order valence-electron chi connectivity index (χ4n) is 7.13. The highest BCUT2D eigenvalue weighted by Gasteiger charge is 2.18. The van der Waals surface area contributed by atoms with Gasteiger partial charge in [0.2, 0.25) is 0 Å². The summed E-state index contributed by atoms with van der Waals surface area (Å²) in [6, 6.07) is 24.2. The van der Waals surface area contributed by atoms with E-state index in [4.69, 9.17) is 6.42 Å². The molecule has 3 aromatic carbocycles. The molecule has 3 aromatic rings. The molecular formula is C49H46. The van der Waals surface area contributed by atoms with Crippen molar-refractivity contribution in [2.45, 2.75) is 59.3 Å². The van der Waals surface area contributed by atoms with Crippen molar-refractivity contribution >= 4 is 17.2 Å². The average Bonchev–Trinajstić information content (AvgIpc) is 3.56. The molecule has 0 heterocycles. The molecule has 0 fully saturated rings. The molecule has 3 aliphatic rings. The lowest BCUT2D eigenvalue weighted by atomic mass is 9.88. The van der Waals surface area contributed by atoms with Gasteiger partial charge in [-0.3, -0.25) is 0 Å². The molecule has 0 aliphatic heterocycles. The van der Waals surface area contributed by atoms with Crippen molar-refractivity contribution in [3.05, 3.63) is 206 Å². The minimum Gasteiger partial charge on any atom is -0.115 e. The highest BCUT2D eigenvalue weighted by molar-refractivity contribution is 5.83. The first-order chi connectivity index (χ1) is 23.9. The minimum atomic E-state index is 0.752. The van der Waals surface area contributed by atoms with Gasteiger partial charge in [0.1, 0.15) is 0 Å². The van der Waals surface area contributed by atoms with Crippen LogP contribution in [0.3, 0.4) is 0 Å². The van der Waals surface area contributed by atoms with Crippen LogP contribution in [0.2, 0.25) is 0 Å². The maximum absolute atomic E-state index is 6.18. The summed E-state index contributed by atoms with van der Waals surface area (Å²) in [6.45, 7) is 11.0. The molecule has 0 amide bonds. The Morgan fingerprint density at radius 1 is 0.898 bits per heavy atom. The third kappa shape index (κ3) is 8.02. The minimum absolute atomic E-state index is 0.752. The van der Waals surface area contributed by atoms with Crippen LogP contribution >= 0.6 is 0 Å². The molecule has 0 aromatic heterocycles. The average molecular weight is 635 g/mol. The normalized spacial score (nSPS) is 16.2. The summed E-state index contributed by atoms with van der Waals surface area (Å²) < 4.78 is 0. The van der Waals surface area contributed by atoms with Crippen molar-refractivity contribution in [2.24, 2.45) is 0 Å². The third-order valence-electron chi connectivity index (χ3n) is 9.85. The summed E-state index contributed by atoms with van der Waals surface area (Å²) >= 11 is 0. The van der Waals surface area contributed by atoms with Gasteiger partial charge in [-0.1, -0.05) is 140 Å². The lowest BCUT2D eigenvalue weighted by Gasteiger charge is -2.17. The summed E-state index contributed by atoms with van der Waals surface area (Å²) in [7, 11) is 0. The van der Waals surface area contributed by atoms with Gasteiger partial charge in [0.05, 0.1) is 0 Å². The summed E-state index contributed by atoms with van der Waals surface area (Å²) in [5, 5.41) is 0. The zero-order valence-corrected chi connectivity index (χ0v) is 29.2. The molecule has 0 nitrogen and oxygen atoms in total. The van der Waals surface area contributed by atoms with E-state index in [-0.39, 0.29) is 0 Å². The van der Waals surface area contributed by atoms with E-state index in [0.29, 0.717) is 0 Å². The van der Waals surface area contributed by atoms with Gasteiger partial charge in [0.25, 0.3) is 0 Å². The second-order valence-corrected chi connectivity index (χ2v) is 13.3. The predicted octanol–water partition coefficient (Wildman–Crippen LogP) is 12.6. The Bertz CT molecular complexity index is 2080. The molecule has 2 bridgehead atoms. The summed E-state index contributed by atoms with van der Waals surface area (Å²) in [6.07, 6.45) is 36.4. The van der Waals surface area contributed by atoms with E-state index in [2.05, 4.69) is 167 Å². The topological polar surface area (TPSA) is 0 Å². The second-order valence-electron chi connectivity index (χ2n) is 13.3. The van der Waals surface area contributed by atoms with Crippen molar-refractivity contribution in [1.82, 2.24) is 0 Å². The number of terminal acetylenes is 1. The lowest BCUT2D eigenvalue weighted by molar-refractivity contribution is 1.01. The van der Waals surface area contributed by atoms with Crippen molar-refractivity contribution in [1.29, 1.82) is 0 Å². The van der Waals surface area contributed by atoms with Crippen LogP contribution in [-0.4, -0.2) is 0 Å². The Morgan fingerprint density at radius 3 is 2.55 bits per heavy atom. The molecule has 6 rings (SSSR count). The van der Waals surface area contributed by atoms with Crippen molar-refractivity contribution in [3.63, 3.8) is 0 Å². The summed E-state index contributed by atoms with van der Waals surface area (Å²) in [5.74, 6) is 3.05. The van der Waals surface area contributed by atoms with E-state index in [1.807, 2.05) is 0 Å². The van der Waals surface area contributed by atoms with Crippen molar-refractivity contribution in [2.75, 3.05) is 0 Å². The quantitative estimate of drug-likeness (QED) is 0.205. The second kappa shape index (κ2) is 15.7. The smallest absolute Gasteiger partial charge is 0.00909 e. The molecular weight excluding hydrogens is 589 g/mol. The predicted molar refractivity (Wildman–Crippen MR) is 213 cm³/mol. The zero-order valence-electron chi connectivity index (χ0n) is 29.2. The van der Waals surface area contributed by atoms with Gasteiger partial charge < -0.3 is 0 Å². The Balaban J connectivity index is 1.36. The number of fused-ring (bicyclic) bond motifs is 2. The van der Waals surface area contributed by atoms with E-state index in [9.17, 15) is 0 Å². The van der Waals surface area contributed by atoms with Gasteiger partial charge in [-0.05, 0) is 143 Å². The molecule has 0 saturated carbocycles. The van der Waals surface area contributed by atoms with Crippen molar-refractivity contribution in [3.8, 4) is 12.3 Å². The van der Waals surface area contributed by atoms with Crippen LogP contribution in [-0.2, 0) is 12.8 Å². The van der Waals surface area contributed by atoms with Gasteiger partial charge in [0, 0.05) is 5.57 Å². The standard InChI is InChI=1S/C49H46/c1-6-16-47-36(4)17-13-25-43(47)29-37(5)42-28-27-35(3)45(33-42)34-46-31-39(20-14-24-40(46)7-2)32-49(41-21-9-8-10-22-41)48-26-15-19-38-18-11-12-23-44(48)30-38/h2,6,8-14,16-23,25,27-28,31-33H,5,15,24,26,29-30,34H2,1,3-4H3/b16-6-,49-32+. The van der Waals surface area contributed by atoms with Gasteiger partial charge in [-0.15, -0.1) is 6.42 Å². The number of hydrogen-bond donors (Lipinski definition) is 0. The Hall–Kier alpha value is -5.38. The van der Waals surface area contributed by atoms with E-state index in [1.165, 1.54) is 72.4 Å². The summed E-state index contributed by atoms with van der Waals surface area (Å²) in [4.78, 5) is 0. The monoisotopic (exact) mass is 634 g/mol. The SMILES string of the molecule is C#CC1=C(Cc2cc(C(=C)Cc3cccc(C)c3/C=C\C)ccc2C)C=C(/C=C(/C2=C3C=CC=CC(=CCC2)C3)c2ccccc2)C=CC1. The molecule has 0 atom stereocenters. The summed E-state index contributed by atoms with van der Waals surface area (Å²) in [5.41, 5.74) is 18.9. The molecule has 0 spiro atoms. The maximum atomic E-state index is 6.18. The highest BCUT2D eigenvalue weighted by atomic mass is 14.2. The van der Waals surface area contributed by atoms with Crippen LogP contribution in [0, 0.1) is 26.2 Å². The van der Waals surface area contributed by atoms with Gasteiger partial charge in [-0.2, -0.15) is 0 Å². The Labute approximate surface area is 294 Å². The number of rotatable bonds is 9. The molecule has 3 aliphatic carbocycles. The fraction of sp³-hybridized carbons (Fsp3) is 0.184. The number of allylic oxidation sites excluding steroid dienone is 18. The Morgan fingerprint density at radius 2 is 1.73 bits per heavy atom. The molecule has 0 radical (unpaired) electrons. The first-order valence-electron chi connectivity index (χ1n) is 17.5. The largest absolute Gasteiger partial charge is 0.115 e. The van der Waals surface area contributed by atoms with Crippen LogP contribution in [0.4, 0.5) is 0 Å². The van der Waals surface area contributed by atoms with E-state index >= 15 is 0 Å². The molecule has 0 N–H and O–H groups in total. The van der Waals surface area contributed by atoms with Crippen LogP contribution in [0.1, 0.15) is 71.6 Å². The fourth-order valence-corrected chi connectivity index (χ4v) is 7.13. The van der Waals surface area contributed by atoms with Crippen LogP contribution in [0.15, 0.2) is 168 Å². The van der Waals surface area contributed by atoms with E-state index < -0.39 is 0 Å². The first kappa shape index (κ1) is 33.5. The number of hydrogen-bond acceptors (Lipinski definition) is 0. The molecule has 0 heteroatoms. The molecule has 0 saturated heterocycles. The zero-order chi connectivity index (χ0) is 34.2. The van der Waals surface area contributed by atoms with Crippen LogP contribution in [0.25, 0.3) is 17.2 Å².